The fourth-order valence-corrected chi connectivity index (χ4v) is 0.399. The molecule has 2 N–H and O–H groups in total. The Hall–Kier alpha value is -0.570. The number of carbonyl (C=O) groups is 1. The van der Waals surface area contributed by atoms with Gasteiger partial charge in [-0.2, -0.15) is 0 Å². The first kappa shape index (κ1) is 8.43. The largest absolute Gasteiger partial charge is 0.355 e. The molecule has 0 heterocycles. The van der Waals surface area contributed by atoms with Crippen LogP contribution < -0.4 is 10.6 Å². The molecule has 3 nitrogen and oxygen atoms in total. The molecule has 0 bridgehead atoms. The normalized spacial score (nSPS) is 12.8. The highest BCUT2D eigenvalue weighted by molar-refractivity contribution is 5.72. The van der Waals surface area contributed by atoms with E-state index in [9.17, 15) is 4.79 Å². The zero-order valence-electron chi connectivity index (χ0n) is 6.19. The summed E-state index contributed by atoms with van der Waals surface area (Å²) in [5, 5.41) is 5.70. The minimum atomic E-state index is 0.0251. The van der Waals surface area contributed by atoms with E-state index in [0.29, 0.717) is 12.6 Å². The van der Waals surface area contributed by atoms with E-state index in [2.05, 4.69) is 10.6 Å². The van der Waals surface area contributed by atoms with Crippen molar-refractivity contribution in [1.29, 1.82) is 0 Å². The Kier molecular flexibility index (Phi) is 4.05. The minimum Gasteiger partial charge on any atom is -0.355 e. The van der Waals surface area contributed by atoms with Gasteiger partial charge in [0.15, 0.2) is 0 Å². The molecule has 0 unspecified atom stereocenters. The summed E-state index contributed by atoms with van der Waals surface area (Å²) in [6, 6.07) is 0.355. The van der Waals surface area contributed by atoms with Crippen LogP contribution in [-0.2, 0) is 4.79 Å². The lowest BCUT2D eigenvalue weighted by atomic mass is 10.3. The van der Waals surface area contributed by atoms with Crippen LogP contribution in [0.2, 0.25) is 0 Å². The first-order valence-corrected chi connectivity index (χ1v) is 3.08. The maximum atomic E-state index is 10.3. The highest BCUT2D eigenvalue weighted by atomic mass is 16.1. The fraction of sp³-hybridized carbons (Fsp3) is 0.833. The van der Waals surface area contributed by atoms with E-state index in [1.54, 1.807) is 0 Å². The molecule has 0 aromatic heterocycles. The quantitative estimate of drug-likeness (QED) is 0.552. The average Bonchev–Trinajstić information content (AvgIpc) is 1.83. The Morgan fingerprint density at radius 2 is 2.22 bits per heavy atom. The second-order valence-corrected chi connectivity index (χ2v) is 2.13. The van der Waals surface area contributed by atoms with Gasteiger partial charge in [0.2, 0.25) is 5.91 Å². The summed E-state index contributed by atoms with van der Waals surface area (Å²) in [7, 11) is 1.87. The van der Waals surface area contributed by atoms with Crippen LogP contribution in [0, 0.1) is 0 Å². The SMILES string of the molecule is CN[C@@H](C)CNC(C)=O. The van der Waals surface area contributed by atoms with E-state index in [4.69, 9.17) is 0 Å². The van der Waals surface area contributed by atoms with Gasteiger partial charge in [-0.15, -0.1) is 0 Å². The molecule has 1 atom stereocenters. The summed E-state index contributed by atoms with van der Waals surface area (Å²) in [4.78, 5) is 10.3. The van der Waals surface area contributed by atoms with Crippen molar-refractivity contribution in [3.05, 3.63) is 0 Å². The molecule has 0 aliphatic rings. The Labute approximate surface area is 55.8 Å². The molecule has 0 saturated carbocycles. The van der Waals surface area contributed by atoms with Gasteiger partial charge in [0.25, 0.3) is 0 Å². The molecule has 0 aromatic rings. The first-order valence-electron chi connectivity index (χ1n) is 3.08. The third-order valence-corrected chi connectivity index (χ3v) is 1.15. The summed E-state index contributed by atoms with van der Waals surface area (Å²) in [5.41, 5.74) is 0. The molecule has 0 spiro atoms. The Bertz CT molecular complexity index is 93.1. The van der Waals surface area contributed by atoms with Crippen LogP contribution in [0.25, 0.3) is 0 Å². The van der Waals surface area contributed by atoms with Crippen molar-refractivity contribution in [2.24, 2.45) is 0 Å². The van der Waals surface area contributed by atoms with Crippen molar-refractivity contribution in [3.63, 3.8) is 0 Å². The average molecular weight is 130 g/mol. The predicted octanol–water partition coefficient (Wildman–Crippen LogP) is -0.270. The second kappa shape index (κ2) is 4.32. The number of hydrogen-bond donors (Lipinski definition) is 2. The van der Waals surface area contributed by atoms with Crippen LogP contribution in [0.4, 0.5) is 0 Å². The van der Waals surface area contributed by atoms with Crippen LogP contribution in [0.3, 0.4) is 0 Å². The molecule has 3 heteroatoms. The molecule has 0 aliphatic carbocycles. The third-order valence-electron chi connectivity index (χ3n) is 1.15. The van der Waals surface area contributed by atoms with Crippen molar-refractivity contribution in [3.8, 4) is 0 Å². The van der Waals surface area contributed by atoms with Crippen LogP contribution in [-0.4, -0.2) is 25.5 Å². The van der Waals surface area contributed by atoms with E-state index >= 15 is 0 Å². The predicted molar refractivity (Wildman–Crippen MR) is 37.2 cm³/mol. The molecule has 0 aromatic carbocycles. The molecule has 0 rings (SSSR count). The van der Waals surface area contributed by atoms with Gasteiger partial charge < -0.3 is 10.6 Å². The fourth-order valence-electron chi connectivity index (χ4n) is 0.399. The number of likely N-dealkylation sites (N-methyl/N-ethyl adjacent to an activating group) is 1. The smallest absolute Gasteiger partial charge is 0.216 e. The van der Waals surface area contributed by atoms with E-state index in [1.807, 2.05) is 14.0 Å². The van der Waals surface area contributed by atoms with Gasteiger partial charge in [-0.05, 0) is 14.0 Å². The highest BCUT2D eigenvalue weighted by Gasteiger charge is 1.96. The number of nitrogens with one attached hydrogen (secondary N) is 2. The monoisotopic (exact) mass is 130 g/mol. The maximum Gasteiger partial charge on any atom is 0.216 e. The zero-order valence-corrected chi connectivity index (χ0v) is 6.19. The maximum absolute atomic E-state index is 10.3. The molecule has 9 heavy (non-hydrogen) atoms. The summed E-state index contributed by atoms with van der Waals surface area (Å²) in [5.74, 6) is 0.0251. The molecular formula is C6H14N2O. The van der Waals surface area contributed by atoms with Crippen molar-refractivity contribution >= 4 is 5.91 Å². The van der Waals surface area contributed by atoms with Gasteiger partial charge in [-0.25, -0.2) is 0 Å². The number of carbonyl (C=O) groups excluding carboxylic acids is 1. The molecule has 54 valence electrons. The van der Waals surface area contributed by atoms with Crippen molar-refractivity contribution < 1.29 is 4.79 Å². The summed E-state index contributed by atoms with van der Waals surface area (Å²) in [6.45, 7) is 4.23. The molecule has 0 saturated heterocycles. The Balaban J connectivity index is 3.16. The van der Waals surface area contributed by atoms with Gasteiger partial charge in [-0.3, -0.25) is 4.79 Å². The van der Waals surface area contributed by atoms with Gasteiger partial charge >= 0.3 is 0 Å². The van der Waals surface area contributed by atoms with Crippen molar-refractivity contribution in [1.82, 2.24) is 10.6 Å². The number of hydrogen-bond acceptors (Lipinski definition) is 2. The van der Waals surface area contributed by atoms with E-state index in [1.165, 1.54) is 6.92 Å². The standard InChI is InChI=1S/C6H14N2O/c1-5(7-3)4-8-6(2)9/h5,7H,4H2,1-3H3,(H,8,9)/t5-/m0/s1. The minimum absolute atomic E-state index is 0.0251. The summed E-state index contributed by atoms with van der Waals surface area (Å²) >= 11 is 0. The van der Waals surface area contributed by atoms with Crippen LogP contribution in [0.5, 0.6) is 0 Å². The highest BCUT2D eigenvalue weighted by Crippen LogP contribution is 1.73. The van der Waals surface area contributed by atoms with Gasteiger partial charge in [-0.1, -0.05) is 0 Å². The molecule has 0 radical (unpaired) electrons. The first-order chi connectivity index (χ1) is 4.16. The lowest BCUT2D eigenvalue weighted by Gasteiger charge is -2.08. The van der Waals surface area contributed by atoms with E-state index in [-0.39, 0.29) is 5.91 Å². The lowest BCUT2D eigenvalue weighted by Crippen LogP contribution is -2.35. The summed E-state index contributed by atoms with van der Waals surface area (Å²) < 4.78 is 0. The zero-order chi connectivity index (χ0) is 7.28. The van der Waals surface area contributed by atoms with Gasteiger partial charge in [0.1, 0.15) is 0 Å². The van der Waals surface area contributed by atoms with Crippen LogP contribution in [0.1, 0.15) is 13.8 Å². The van der Waals surface area contributed by atoms with Crippen LogP contribution >= 0.6 is 0 Å². The van der Waals surface area contributed by atoms with Gasteiger partial charge in [0, 0.05) is 19.5 Å². The third kappa shape index (κ3) is 5.30. The van der Waals surface area contributed by atoms with E-state index < -0.39 is 0 Å². The molecular weight excluding hydrogens is 116 g/mol. The molecule has 0 aliphatic heterocycles. The van der Waals surface area contributed by atoms with Gasteiger partial charge in [0.05, 0.1) is 0 Å². The Morgan fingerprint density at radius 1 is 1.67 bits per heavy atom. The van der Waals surface area contributed by atoms with Crippen LogP contribution in [0.15, 0.2) is 0 Å². The molecule has 0 fully saturated rings. The lowest BCUT2D eigenvalue weighted by molar-refractivity contribution is -0.119. The second-order valence-electron chi connectivity index (χ2n) is 2.13. The van der Waals surface area contributed by atoms with Crippen molar-refractivity contribution in [2.75, 3.05) is 13.6 Å². The Morgan fingerprint density at radius 3 is 2.56 bits per heavy atom. The summed E-state index contributed by atoms with van der Waals surface area (Å²) in [6.07, 6.45) is 0. The van der Waals surface area contributed by atoms with Crippen molar-refractivity contribution in [2.45, 2.75) is 19.9 Å². The van der Waals surface area contributed by atoms with E-state index in [0.717, 1.165) is 0 Å². The topological polar surface area (TPSA) is 41.1 Å². The number of amides is 1. The number of rotatable bonds is 3. The molecule has 1 amide bonds.